The van der Waals surface area contributed by atoms with Crippen molar-refractivity contribution in [1.82, 2.24) is 15.2 Å². The van der Waals surface area contributed by atoms with E-state index in [2.05, 4.69) is 70.6 Å². The van der Waals surface area contributed by atoms with E-state index in [1.165, 1.54) is 11.3 Å². The van der Waals surface area contributed by atoms with Crippen LogP contribution in [0.5, 0.6) is 0 Å². The molecule has 0 saturated heterocycles. The number of nitrogens with zero attached hydrogens (tertiary/aromatic N) is 4. The summed E-state index contributed by atoms with van der Waals surface area (Å²) in [6, 6.07) is 9.09. The van der Waals surface area contributed by atoms with Gasteiger partial charge in [-0.05, 0) is 38.8 Å². The summed E-state index contributed by atoms with van der Waals surface area (Å²) in [4.78, 5) is 14.1. The zero-order valence-corrected chi connectivity index (χ0v) is 19.8. The minimum atomic E-state index is 0. The molecule has 1 aromatic heterocycles. The van der Waals surface area contributed by atoms with Gasteiger partial charge in [-0.25, -0.2) is 4.98 Å². The third-order valence-electron chi connectivity index (χ3n) is 4.72. The largest absolute Gasteiger partial charge is 0.366 e. The van der Waals surface area contributed by atoms with E-state index in [0.29, 0.717) is 6.04 Å². The minimum absolute atomic E-state index is 0. The molecular formula is C20H30IN5S. The molecule has 0 amide bonds. The predicted molar refractivity (Wildman–Crippen MR) is 127 cm³/mol. The molecule has 27 heavy (non-hydrogen) atoms. The van der Waals surface area contributed by atoms with Crippen molar-refractivity contribution in [3.8, 4) is 0 Å². The van der Waals surface area contributed by atoms with Crippen LogP contribution < -0.4 is 10.2 Å². The second-order valence-corrected chi connectivity index (χ2v) is 7.89. The highest BCUT2D eigenvalue weighted by Gasteiger charge is 2.22. The Morgan fingerprint density at radius 2 is 2.19 bits per heavy atom. The van der Waals surface area contributed by atoms with E-state index in [1.54, 1.807) is 11.3 Å². The Morgan fingerprint density at radius 1 is 1.41 bits per heavy atom. The molecule has 1 aliphatic rings. The van der Waals surface area contributed by atoms with Gasteiger partial charge < -0.3 is 15.1 Å². The summed E-state index contributed by atoms with van der Waals surface area (Å²) in [6.07, 6.45) is 1.13. The first-order chi connectivity index (χ1) is 12.6. The number of thiazole rings is 1. The molecule has 3 rings (SSSR count). The summed E-state index contributed by atoms with van der Waals surface area (Å²) < 4.78 is 0. The van der Waals surface area contributed by atoms with E-state index >= 15 is 0 Å². The molecule has 148 valence electrons. The maximum atomic E-state index is 4.90. The third kappa shape index (κ3) is 5.57. The zero-order chi connectivity index (χ0) is 18.5. The number of benzene rings is 1. The van der Waals surface area contributed by atoms with Crippen LogP contribution in [-0.2, 0) is 13.0 Å². The molecule has 1 N–H and O–H groups in total. The highest BCUT2D eigenvalue weighted by atomic mass is 127. The summed E-state index contributed by atoms with van der Waals surface area (Å²) in [7, 11) is 2.08. The molecule has 1 aromatic carbocycles. The normalized spacial score (nSPS) is 14.5. The Labute approximate surface area is 183 Å². The lowest BCUT2D eigenvalue weighted by molar-refractivity contribution is 0.469. The molecule has 7 heteroatoms. The number of rotatable bonds is 6. The van der Waals surface area contributed by atoms with Gasteiger partial charge in [0.15, 0.2) is 5.96 Å². The number of halogens is 1. The van der Waals surface area contributed by atoms with Gasteiger partial charge in [0.2, 0.25) is 0 Å². The van der Waals surface area contributed by atoms with Crippen LogP contribution in [0.15, 0.2) is 34.6 Å². The summed E-state index contributed by atoms with van der Waals surface area (Å²) >= 11 is 1.70. The number of nitrogens with one attached hydrogen (secondary N) is 1. The monoisotopic (exact) mass is 499 g/mol. The average molecular weight is 499 g/mol. The van der Waals surface area contributed by atoms with Crippen LogP contribution in [0.25, 0.3) is 0 Å². The number of guanidine groups is 1. The fourth-order valence-electron chi connectivity index (χ4n) is 3.41. The Balaban J connectivity index is 0.00000261. The van der Waals surface area contributed by atoms with Crippen molar-refractivity contribution in [2.24, 2.45) is 4.99 Å². The first-order valence-electron chi connectivity index (χ1n) is 9.33. The Hall–Kier alpha value is -1.35. The lowest BCUT2D eigenvalue weighted by atomic mass is 10.2. The SMILES string of the molecule is CCNC(=NCC(C)N1CCc2ccccc21)N(C)Cc1csc(C)n1.I. The molecule has 1 unspecified atom stereocenters. The highest BCUT2D eigenvalue weighted by Crippen LogP contribution is 2.29. The smallest absolute Gasteiger partial charge is 0.194 e. The van der Waals surface area contributed by atoms with E-state index in [1.807, 2.05) is 6.92 Å². The van der Waals surface area contributed by atoms with Gasteiger partial charge in [0.05, 0.1) is 23.8 Å². The molecule has 0 spiro atoms. The number of anilines is 1. The van der Waals surface area contributed by atoms with E-state index in [-0.39, 0.29) is 24.0 Å². The summed E-state index contributed by atoms with van der Waals surface area (Å²) in [5, 5.41) is 6.64. The first-order valence-corrected chi connectivity index (χ1v) is 10.2. The molecule has 2 aromatic rings. The van der Waals surface area contributed by atoms with Crippen LogP contribution in [0.3, 0.4) is 0 Å². The summed E-state index contributed by atoms with van der Waals surface area (Å²) in [5.41, 5.74) is 3.92. The van der Waals surface area contributed by atoms with Crippen molar-refractivity contribution >= 4 is 47.0 Å². The van der Waals surface area contributed by atoms with E-state index < -0.39 is 0 Å². The van der Waals surface area contributed by atoms with Gasteiger partial charge in [-0.3, -0.25) is 4.99 Å². The van der Waals surface area contributed by atoms with Crippen LogP contribution in [0.4, 0.5) is 5.69 Å². The molecule has 0 saturated carbocycles. The lowest BCUT2D eigenvalue weighted by Crippen LogP contribution is -2.40. The maximum Gasteiger partial charge on any atom is 0.194 e. The molecular weight excluding hydrogens is 469 g/mol. The van der Waals surface area contributed by atoms with Crippen molar-refractivity contribution in [2.75, 3.05) is 31.6 Å². The number of hydrogen-bond acceptors (Lipinski definition) is 4. The van der Waals surface area contributed by atoms with Gasteiger partial charge in [0.25, 0.3) is 0 Å². The number of para-hydroxylation sites is 1. The number of aliphatic imine (C=N–C) groups is 1. The van der Waals surface area contributed by atoms with Crippen molar-refractivity contribution in [2.45, 2.75) is 39.8 Å². The van der Waals surface area contributed by atoms with Crippen molar-refractivity contribution in [3.63, 3.8) is 0 Å². The fourth-order valence-corrected chi connectivity index (χ4v) is 4.01. The molecule has 1 aliphatic heterocycles. The van der Waals surface area contributed by atoms with E-state index in [4.69, 9.17) is 4.99 Å². The molecule has 0 bridgehead atoms. The molecule has 2 heterocycles. The summed E-state index contributed by atoms with van der Waals surface area (Å²) in [6.45, 7) is 9.91. The third-order valence-corrected chi connectivity index (χ3v) is 5.54. The Morgan fingerprint density at radius 3 is 2.89 bits per heavy atom. The van der Waals surface area contributed by atoms with Crippen molar-refractivity contribution < 1.29 is 0 Å². The topological polar surface area (TPSA) is 43.8 Å². The van der Waals surface area contributed by atoms with Crippen LogP contribution in [-0.4, -0.2) is 48.6 Å². The molecule has 1 atom stereocenters. The van der Waals surface area contributed by atoms with Gasteiger partial charge in [-0.15, -0.1) is 35.3 Å². The molecule has 5 nitrogen and oxygen atoms in total. The van der Waals surface area contributed by atoms with Crippen LogP contribution in [0.1, 0.15) is 30.1 Å². The van der Waals surface area contributed by atoms with Crippen LogP contribution >= 0.6 is 35.3 Å². The van der Waals surface area contributed by atoms with Gasteiger partial charge >= 0.3 is 0 Å². The highest BCUT2D eigenvalue weighted by molar-refractivity contribution is 14.0. The van der Waals surface area contributed by atoms with Gasteiger partial charge in [-0.1, -0.05) is 18.2 Å². The molecule has 0 aliphatic carbocycles. The lowest BCUT2D eigenvalue weighted by Gasteiger charge is -2.27. The number of hydrogen-bond donors (Lipinski definition) is 1. The van der Waals surface area contributed by atoms with Gasteiger partial charge in [0, 0.05) is 37.2 Å². The zero-order valence-electron chi connectivity index (χ0n) is 16.6. The van der Waals surface area contributed by atoms with E-state index in [9.17, 15) is 0 Å². The predicted octanol–water partition coefficient (Wildman–Crippen LogP) is 3.92. The maximum absolute atomic E-state index is 4.90. The second kappa shape index (κ2) is 10.3. The molecule has 0 fully saturated rings. The fraction of sp³-hybridized carbons (Fsp3) is 0.500. The quantitative estimate of drug-likeness (QED) is 0.372. The Kier molecular flexibility index (Phi) is 8.34. The van der Waals surface area contributed by atoms with Crippen LogP contribution in [0.2, 0.25) is 0 Å². The number of aromatic nitrogens is 1. The number of fused-ring (bicyclic) bond motifs is 1. The Bertz CT molecular complexity index is 760. The average Bonchev–Trinajstić information content (AvgIpc) is 3.24. The van der Waals surface area contributed by atoms with Crippen LogP contribution in [0, 0.1) is 6.92 Å². The first kappa shape index (κ1) is 21.9. The second-order valence-electron chi connectivity index (χ2n) is 6.83. The standard InChI is InChI=1S/C20H29N5S.HI/c1-5-21-20(24(4)13-18-14-26-16(3)23-18)22-12-15(2)25-11-10-17-8-6-7-9-19(17)25;/h6-9,14-15H,5,10-13H2,1-4H3,(H,21,22);1H. The molecule has 0 radical (unpaired) electrons. The van der Waals surface area contributed by atoms with E-state index in [0.717, 1.165) is 49.3 Å². The minimum Gasteiger partial charge on any atom is -0.366 e. The summed E-state index contributed by atoms with van der Waals surface area (Å²) in [5.74, 6) is 0.942. The van der Waals surface area contributed by atoms with Crippen molar-refractivity contribution in [1.29, 1.82) is 0 Å². The van der Waals surface area contributed by atoms with Crippen molar-refractivity contribution in [3.05, 3.63) is 45.9 Å². The van der Waals surface area contributed by atoms with Gasteiger partial charge in [-0.2, -0.15) is 0 Å². The van der Waals surface area contributed by atoms with Gasteiger partial charge in [0.1, 0.15) is 0 Å². The number of aryl methyl sites for hydroxylation is 1.